The highest BCUT2D eigenvalue weighted by molar-refractivity contribution is 5.49. The molecule has 80 valence electrons. The summed E-state index contributed by atoms with van der Waals surface area (Å²) >= 11 is 0. The van der Waals surface area contributed by atoms with Crippen LogP contribution in [-0.2, 0) is 14.3 Å². The van der Waals surface area contributed by atoms with Gasteiger partial charge in [0.2, 0.25) is 6.41 Å². The first-order valence-corrected chi connectivity index (χ1v) is 4.35. The van der Waals surface area contributed by atoms with Crippen molar-refractivity contribution in [3.8, 4) is 6.07 Å². The molecule has 5 heteroatoms. The number of carbonyl (C=O) groups excluding carboxylic acids is 1. The van der Waals surface area contributed by atoms with E-state index in [0.717, 1.165) is 0 Å². The van der Waals surface area contributed by atoms with Gasteiger partial charge in [-0.3, -0.25) is 4.79 Å². The smallest absolute Gasteiger partial charge is 0.208 e. The van der Waals surface area contributed by atoms with Crippen molar-refractivity contribution in [1.82, 2.24) is 5.32 Å². The molecule has 0 fully saturated rings. The van der Waals surface area contributed by atoms with Gasteiger partial charge in [0.1, 0.15) is 5.54 Å². The molecule has 0 aliphatic heterocycles. The summed E-state index contributed by atoms with van der Waals surface area (Å²) < 4.78 is 9.76. The second-order valence-corrected chi connectivity index (χ2v) is 2.94. The van der Waals surface area contributed by atoms with E-state index in [4.69, 9.17) is 14.7 Å². The zero-order valence-electron chi connectivity index (χ0n) is 8.58. The number of hydrogen-bond donors (Lipinski definition) is 1. The number of methoxy groups -OCH3 is 2. The van der Waals surface area contributed by atoms with Crippen LogP contribution in [0.2, 0.25) is 0 Å². The molecule has 0 aliphatic carbocycles. The third-order valence-corrected chi connectivity index (χ3v) is 2.02. The summed E-state index contributed by atoms with van der Waals surface area (Å²) in [6, 6.07) is 2.08. The molecule has 0 aromatic heterocycles. The van der Waals surface area contributed by atoms with Gasteiger partial charge in [-0.25, -0.2) is 0 Å². The van der Waals surface area contributed by atoms with E-state index in [1.807, 2.05) is 0 Å². The number of amides is 1. The van der Waals surface area contributed by atoms with Gasteiger partial charge in [-0.15, -0.1) is 0 Å². The standard InChI is InChI=1S/C9H16N2O3/c1-13-5-3-9(7-10,11-8-12)4-6-14-2/h8H,3-6H2,1-2H3,(H,11,12). The van der Waals surface area contributed by atoms with Gasteiger partial charge in [0.25, 0.3) is 0 Å². The van der Waals surface area contributed by atoms with Gasteiger partial charge in [-0.1, -0.05) is 0 Å². The van der Waals surface area contributed by atoms with Crippen molar-refractivity contribution in [3.05, 3.63) is 0 Å². The Labute approximate surface area is 84.0 Å². The van der Waals surface area contributed by atoms with Gasteiger partial charge < -0.3 is 14.8 Å². The normalized spacial score (nSPS) is 10.6. The molecular formula is C9H16N2O3. The monoisotopic (exact) mass is 200 g/mol. The molecule has 0 bridgehead atoms. The molecule has 0 atom stereocenters. The van der Waals surface area contributed by atoms with Crippen LogP contribution in [0.4, 0.5) is 0 Å². The number of nitriles is 1. The molecule has 0 aromatic rings. The molecule has 0 rings (SSSR count). The lowest BCUT2D eigenvalue weighted by Gasteiger charge is -2.25. The first-order chi connectivity index (χ1) is 6.74. The fourth-order valence-corrected chi connectivity index (χ4v) is 1.08. The predicted molar refractivity (Wildman–Crippen MR) is 50.5 cm³/mol. The predicted octanol–water partition coefficient (Wildman–Crippen LogP) is 0.0678. The summed E-state index contributed by atoms with van der Waals surface area (Å²) in [7, 11) is 3.11. The van der Waals surface area contributed by atoms with Crippen LogP contribution in [-0.4, -0.2) is 39.4 Å². The maximum absolute atomic E-state index is 10.4. The maximum atomic E-state index is 10.4. The van der Waals surface area contributed by atoms with E-state index in [0.29, 0.717) is 32.5 Å². The highest BCUT2D eigenvalue weighted by Crippen LogP contribution is 2.14. The fourth-order valence-electron chi connectivity index (χ4n) is 1.08. The summed E-state index contributed by atoms with van der Waals surface area (Å²) in [6.07, 6.45) is 1.46. The maximum Gasteiger partial charge on any atom is 0.208 e. The van der Waals surface area contributed by atoms with Crippen LogP contribution in [0.1, 0.15) is 12.8 Å². The molecule has 1 N–H and O–H groups in total. The molecule has 0 spiro atoms. The van der Waals surface area contributed by atoms with Gasteiger partial charge >= 0.3 is 0 Å². The molecule has 1 amide bonds. The van der Waals surface area contributed by atoms with Crippen molar-refractivity contribution >= 4 is 6.41 Å². The van der Waals surface area contributed by atoms with Gasteiger partial charge in [-0.2, -0.15) is 5.26 Å². The number of hydrogen-bond acceptors (Lipinski definition) is 4. The first-order valence-electron chi connectivity index (χ1n) is 4.35. The van der Waals surface area contributed by atoms with Crippen LogP contribution in [0.15, 0.2) is 0 Å². The van der Waals surface area contributed by atoms with Crippen molar-refractivity contribution in [1.29, 1.82) is 5.26 Å². The van der Waals surface area contributed by atoms with Crippen LogP contribution >= 0.6 is 0 Å². The molecule has 0 heterocycles. The van der Waals surface area contributed by atoms with Crippen molar-refractivity contribution < 1.29 is 14.3 Å². The number of carbonyl (C=O) groups is 1. The molecule has 0 unspecified atom stereocenters. The number of nitrogens with one attached hydrogen (secondary N) is 1. The lowest BCUT2D eigenvalue weighted by atomic mass is 9.94. The highest BCUT2D eigenvalue weighted by Gasteiger charge is 2.28. The Morgan fingerprint density at radius 1 is 1.36 bits per heavy atom. The number of nitrogens with zero attached hydrogens (tertiary/aromatic N) is 1. The second-order valence-electron chi connectivity index (χ2n) is 2.94. The fraction of sp³-hybridized carbons (Fsp3) is 0.778. The van der Waals surface area contributed by atoms with Crippen molar-refractivity contribution in [3.63, 3.8) is 0 Å². The minimum Gasteiger partial charge on any atom is -0.385 e. The Hall–Kier alpha value is -1.12. The Kier molecular flexibility index (Phi) is 6.72. The zero-order chi connectivity index (χ0) is 10.9. The topological polar surface area (TPSA) is 71.3 Å². The minimum absolute atomic E-state index is 0.429. The Bertz CT molecular complexity index is 193. The average Bonchev–Trinajstić information content (AvgIpc) is 2.22. The summed E-state index contributed by atoms with van der Waals surface area (Å²) in [4.78, 5) is 10.4. The average molecular weight is 200 g/mol. The van der Waals surface area contributed by atoms with E-state index >= 15 is 0 Å². The van der Waals surface area contributed by atoms with Crippen LogP contribution in [0, 0.1) is 11.3 Å². The van der Waals surface area contributed by atoms with E-state index in [9.17, 15) is 4.79 Å². The zero-order valence-corrected chi connectivity index (χ0v) is 8.58. The Balaban J connectivity index is 4.28. The van der Waals surface area contributed by atoms with E-state index in [2.05, 4.69) is 11.4 Å². The third kappa shape index (κ3) is 4.21. The second kappa shape index (κ2) is 7.30. The molecule has 0 aliphatic rings. The molecule has 0 saturated carbocycles. The number of rotatable bonds is 8. The quantitative estimate of drug-likeness (QED) is 0.563. The minimum atomic E-state index is -0.867. The SMILES string of the molecule is COCCC(C#N)(CCOC)NC=O. The van der Waals surface area contributed by atoms with Crippen LogP contribution in [0.3, 0.4) is 0 Å². The van der Waals surface area contributed by atoms with Crippen LogP contribution < -0.4 is 5.32 Å². The molecule has 5 nitrogen and oxygen atoms in total. The highest BCUT2D eigenvalue weighted by atomic mass is 16.5. The van der Waals surface area contributed by atoms with Crippen molar-refractivity contribution in [2.75, 3.05) is 27.4 Å². The summed E-state index contributed by atoms with van der Waals surface area (Å²) in [6.45, 7) is 0.857. The van der Waals surface area contributed by atoms with E-state index in [1.54, 1.807) is 14.2 Å². The van der Waals surface area contributed by atoms with Crippen molar-refractivity contribution in [2.24, 2.45) is 0 Å². The molecule has 0 aromatic carbocycles. The van der Waals surface area contributed by atoms with E-state index in [1.165, 1.54) is 0 Å². The third-order valence-electron chi connectivity index (χ3n) is 2.02. The number of ether oxygens (including phenoxy) is 2. The lowest BCUT2D eigenvalue weighted by Crippen LogP contribution is -2.45. The summed E-state index contributed by atoms with van der Waals surface area (Å²) in [5, 5.41) is 11.5. The molecule has 14 heavy (non-hydrogen) atoms. The van der Waals surface area contributed by atoms with E-state index < -0.39 is 5.54 Å². The van der Waals surface area contributed by atoms with Gasteiger partial charge in [-0.05, 0) is 0 Å². The molecule has 0 radical (unpaired) electrons. The summed E-state index contributed by atoms with van der Waals surface area (Å²) in [5.74, 6) is 0. The van der Waals surface area contributed by atoms with Crippen molar-refractivity contribution in [2.45, 2.75) is 18.4 Å². The van der Waals surface area contributed by atoms with Crippen LogP contribution in [0.25, 0.3) is 0 Å². The Morgan fingerprint density at radius 3 is 2.14 bits per heavy atom. The van der Waals surface area contributed by atoms with Gasteiger partial charge in [0, 0.05) is 40.3 Å². The summed E-state index contributed by atoms with van der Waals surface area (Å²) in [5.41, 5.74) is -0.867. The first kappa shape index (κ1) is 12.9. The van der Waals surface area contributed by atoms with Crippen LogP contribution in [0.5, 0.6) is 0 Å². The lowest BCUT2D eigenvalue weighted by molar-refractivity contribution is -0.111. The van der Waals surface area contributed by atoms with E-state index in [-0.39, 0.29) is 0 Å². The largest absolute Gasteiger partial charge is 0.385 e. The van der Waals surface area contributed by atoms with Gasteiger partial charge in [0.05, 0.1) is 6.07 Å². The molecular weight excluding hydrogens is 184 g/mol. The Morgan fingerprint density at radius 2 is 1.86 bits per heavy atom. The van der Waals surface area contributed by atoms with Gasteiger partial charge in [0.15, 0.2) is 0 Å². The molecule has 0 saturated heterocycles.